The molecular weight excluding hydrogens is 210 g/mol. The molecule has 2 aliphatic heterocycles. The maximum Gasteiger partial charge on any atom is 0.0140 e. The minimum Gasteiger partial charge on any atom is -0.312 e. The second-order valence-electron chi connectivity index (χ2n) is 6.76. The second kappa shape index (κ2) is 4.52. The lowest BCUT2D eigenvalue weighted by atomic mass is 9.88. The highest BCUT2D eigenvalue weighted by atomic mass is 15.3. The van der Waals surface area contributed by atoms with Gasteiger partial charge in [-0.1, -0.05) is 0 Å². The SMILES string of the molecule is CC1(C)CC(N2CCN(C3CC3)CC2)CCN1. The molecule has 3 aliphatic rings. The molecule has 3 nitrogen and oxygen atoms in total. The Morgan fingerprint density at radius 2 is 1.47 bits per heavy atom. The minimum absolute atomic E-state index is 0.344. The van der Waals surface area contributed by atoms with Gasteiger partial charge in [0.25, 0.3) is 0 Å². The Morgan fingerprint density at radius 3 is 2.00 bits per heavy atom. The zero-order valence-electron chi connectivity index (χ0n) is 11.4. The topological polar surface area (TPSA) is 18.5 Å². The summed E-state index contributed by atoms with van der Waals surface area (Å²) in [7, 11) is 0. The molecule has 2 heterocycles. The average Bonchev–Trinajstić information content (AvgIpc) is 3.12. The van der Waals surface area contributed by atoms with Crippen molar-refractivity contribution in [3.8, 4) is 0 Å². The van der Waals surface area contributed by atoms with Crippen LogP contribution in [0.15, 0.2) is 0 Å². The maximum atomic E-state index is 3.63. The van der Waals surface area contributed by atoms with Crippen LogP contribution in [0.5, 0.6) is 0 Å². The van der Waals surface area contributed by atoms with E-state index in [4.69, 9.17) is 0 Å². The van der Waals surface area contributed by atoms with Crippen molar-refractivity contribution in [3.05, 3.63) is 0 Å². The fourth-order valence-corrected chi connectivity index (χ4v) is 3.56. The third-order valence-corrected chi connectivity index (χ3v) is 4.76. The molecule has 3 fully saturated rings. The minimum atomic E-state index is 0.344. The van der Waals surface area contributed by atoms with Gasteiger partial charge in [-0.3, -0.25) is 9.80 Å². The molecule has 1 unspecified atom stereocenters. The zero-order chi connectivity index (χ0) is 11.9. The van der Waals surface area contributed by atoms with Crippen molar-refractivity contribution in [2.24, 2.45) is 0 Å². The first kappa shape index (κ1) is 11.9. The molecule has 0 radical (unpaired) electrons. The molecule has 0 aromatic carbocycles. The third-order valence-electron chi connectivity index (χ3n) is 4.76. The van der Waals surface area contributed by atoms with Crippen molar-refractivity contribution in [1.82, 2.24) is 15.1 Å². The molecule has 0 spiro atoms. The van der Waals surface area contributed by atoms with Crippen LogP contribution in [0, 0.1) is 0 Å². The van der Waals surface area contributed by atoms with E-state index in [0.717, 1.165) is 12.1 Å². The van der Waals surface area contributed by atoms with Crippen molar-refractivity contribution < 1.29 is 0 Å². The third kappa shape index (κ3) is 2.83. The first-order valence-corrected chi connectivity index (χ1v) is 7.37. The van der Waals surface area contributed by atoms with Crippen LogP contribution >= 0.6 is 0 Å². The van der Waals surface area contributed by atoms with Gasteiger partial charge in [-0.05, 0) is 46.1 Å². The van der Waals surface area contributed by atoms with Crippen molar-refractivity contribution >= 4 is 0 Å². The molecule has 0 aromatic rings. The number of hydrogen-bond donors (Lipinski definition) is 1. The van der Waals surface area contributed by atoms with E-state index in [-0.39, 0.29) is 0 Å². The van der Waals surface area contributed by atoms with Crippen LogP contribution in [0.1, 0.15) is 39.5 Å². The Morgan fingerprint density at radius 1 is 0.882 bits per heavy atom. The number of piperazine rings is 1. The molecule has 98 valence electrons. The van der Waals surface area contributed by atoms with E-state index >= 15 is 0 Å². The van der Waals surface area contributed by atoms with Crippen LogP contribution in [-0.4, -0.2) is 60.1 Å². The molecule has 3 rings (SSSR count). The maximum absolute atomic E-state index is 3.63. The Labute approximate surface area is 106 Å². The van der Waals surface area contributed by atoms with Gasteiger partial charge in [0.2, 0.25) is 0 Å². The van der Waals surface area contributed by atoms with E-state index in [1.807, 2.05) is 0 Å². The van der Waals surface area contributed by atoms with Gasteiger partial charge in [0.05, 0.1) is 0 Å². The predicted octanol–water partition coefficient (Wildman–Crippen LogP) is 1.30. The molecule has 1 saturated carbocycles. The van der Waals surface area contributed by atoms with Gasteiger partial charge in [-0.15, -0.1) is 0 Å². The van der Waals surface area contributed by atoms with E-state index in [9.17, 15) is 0 Å². The fourth-order valence-electron chi connectivity index (χ4n) is 3.56. The molecular formula is C14H27N3. The Kier molecular flexibility index (Phi) is 3.18. The zero-order valence-corrected chi connectivity index (χ0v) is 11.4. The Bertz CT molecular complexity index is 265. The molecule has 3 heteroatoms. The number of rotatable bonds is 2. The first-order valence-electron chi connectivity index (χ1n) is 7.37. The summed E-state index contributed by atoms with van der Waals surface area (Å²) in [5.41, 5.74) is 0.344. The highest BCUT2D eigenvalue weighted by molar-refractivity contribution is 4.93. The van der Waals surface area contributed by atoms with Crippen LogP contribution in [-0.2, 0) is 0 Å². The predicted molar refractivity (Wildman–Crippen MR) is 71.3 cm³/mol. The van der Waals surface area contributed by atoms with Gasteiger partial charge in [0.15, 0.2) is 0 Å². The number of nitrogens with one attached hydrogen (secondary N) is 1. The largest absolute Gasteiger partial charge is 0.312 e. The first-order chi connectivity index (χ1) is 8.14. The summed E-state index contributed by atoms with van der Waals surface area (Å²) < 4.78 is 0. The monoisotopic (exact) mass is 237 g/mol. The summed E-state index contributed by atoms with van der Waals surface area (Å²) in [4.78, 5) is 5.46. The van der Waals surface area contributed by atoms with E-state index < -0.39 is 0 Å². The molecule has 1 atom stereocenters. The van der Waals surface area contributed by atoms with Gasteiger partial charge in [0.1, 0.15) is 0 Å². The Balaban J connectivity index is 1.51. The van der Waals surface area contributed by atoms with E-state index in [1.165, 1.54) is 58.4 Å². The number of nitrogens with zero attached hydrogens (tertiary/aromatic N) is 2. The smallest absolute Gasteiger partial charge is 0.0140 e. The summed E-state index contributed by atoms with van der Waals surface area (Å²) in [5, 5.41) is 3.63. The lowest BCUT2D eigenvalue weighted by molar-refractivity contribution is 0.0594. The van der Waals surface area contributed by atoms with Crippen LogP contribution < -0.4 is 5.32 Å². The van der Waals surface area contributed by atoms with Crippen LogP contribution in [0.3, 0.4) is 0 Å². The Hall–Kier alpha value is -0.120. The van der Waals surface area contributed by atoms with Crippen molar-refractivity contribution in [1.29, 1.82) is 0 Å². The summed E-state index contributed by atoms with van der Waals surface area (Å²) >= 11 is 0. The van der Waals surface area contributed by atoms with Crippen LogP contribution in [0.25, 0.3) is 0 Å². The average molecular weight is 237 g/mol. The van der Waals surface area contributed by atoms with Gasteiger partial charge < -0.3 is 5.32 Å². The molecule has 2 saturated heterocycles. The van der Waals surface area contributed by atoms with Crippen molar-refractivity contribution in [2.75, 3.05) is 32.7 Å². The standard InChI is InChI=1S/C14H27N3/c1-14(2)11-13(5-6-15-14)17-9-7-16(8-10-17)12-3-4-12/h12-13,15H,3-11H2,1-2H3. The molecule has 0 bridgehead atoms. The lowest BCUT2D eigenvalue weighted by Crippen LogP contribution is -2.57. The lowest BCUT2D eigenvalue weighted by Gasteiger charge is -2.45. The fraction of sp³-hybridized carbons (Fsp3) is 1.00. The second-order valence-corrected chi connectivity index (χ2v) is 6.76. The summed E-state index contributed by atoms with van der Waals surface area (Å²) in [5.74, 6) is 0. The van der Waals surface area contributed by atoms with Crippen molar-refractivity contribution in [2.45, 2.75) is 57.2 Å². The van der Waals surface area contributed by atoms with Gasteiger partial charge in [-0.25, -0.2) is 0 Å². The summed E-state index contributed by atoms with van der Waals surface area (Å²) in [6.45, 7) is 11.1. The molecule has 1 N–H and O–H groups in total. The molecule has 0 amide bonds. The van der Waals surface area contributed by atoms with E-state index in [0.29, 0.717) is 5.54 Å². The number of piperidine rings is 1. The molecule has 17 heavy (non-hydrogen) atoms. The van der Waals surface area contributed by atoms with Gasteiger partial charge in [0, 0.05) is 43.8 Å². The quantitative estimate of drug-likeness (QED) is 0.781. The van der Waals surface area contributed by atoms with Gasteiger partial charge in [-0.2, -0.15) is 0 Å². The number of hydrogen-bond acceptors (Lipinski definition) is 3. The molecule has 0 aromatic heterocycles. The summed E-state index contributed by atoms with van der Waals surface area (Å²) in [6, 6.07) is 1.79. The molecule has 1 aliphatic carbocycles. The summed E-state index contributed by atoms with van der Waals surface area (Å²) in [6.07, 6.45) is 5.57. The van der Waals surface area contributed by atoms with Crippen molar-refractivity contribution in [3.63, 3.8) is 0 Å². The highest BCUT2D eigenvalue weighted by Gasteiger charge is 2.35. The van der Waals surface area contributed by atoms with E-state index in [2.05, 4.69) is 29.0 Å². The van der Waals surface area contributed by atoms with Crippen LogP contribution in [0.2, 0.25) is 0 Å². The van der Waals surface area contributed by atoms with E-state index in [1.54, 1.807) is 0 Å². The van der Waals surface area contributed by atoms with Crippen LogP contribution in [0.4, 0.5) is 0 Å². The van der Waals surface area contributed by atoms with Gasteiger partial charge >= 0.3 is 0 Å². The normalized spacial score (nSPS) is 36.0. The highest BCUT2D eigenvalue weighted by Crippen LogP contribution is 2.29.